The molecule has 1 saturated heterocycles. The Morgan fingerprint density at radius 3 is 2.52 bits per heavy atom. The van der Waals surface area contributed by atoms with Crippen LogP contribution in [0.1, 0.15) is 49.2 Å². The van der Waals surface area contributed by atoms with Gasteiger partial charge in [-0.05, 0) is 44.5 Å². The van der Waals surface area contributed by atoms with Crippen LogP contribution in [0.15, 0.2) is 22.7 Å². The molecule has 5 nitrogen and oxygen atoms in total. The smallest absolute Gasteiger partial charge is 0.411 e. The van der Waals surface area contributed by atoms with Crippen LogP contribution in [0.4, 0.5) is 13.6 Å². The number of methoxy groups -OCH3 is 1. The van der Waals surface area contributed by atoms with Gasteiger partial charge in [-0.3, -0.25) is 4.90 Å². The Morgan fingerprint density at radius 2 is 1.96 bits per heavy atom. The zero-order valence-corrected chi connectivity index (χ0v) is 16.0. The molecule has 1 aromatic rings. The van der Waals surface area contributed by atoms with Gasteiger partial charge in [0.2, 0.25) is 0 Å². The number of ether oxygens (including phenoxy) is 2. The maximum Gasteiger partial charge on any atom is 0.411 e. The number of hydrogen-bond donors (Lipinski definition) is 0. The molecule has 1 amide bonds. The van der Waals surface area contributed by atoms with Crippen LogP contribution in [0.25, 0.3) is 0 Å². The molecule has 0 bridgehead atoms. The van der Waals surface area contributed by atoms with Crippen molar-refractivity contribution in [2.45, 2.75) is 44.8 Å². The quantitative estimate of drug-likeness (QED) is 0.659. The number of carbonyl (C=O) groups is 2. The van der Waals surface area contributed by atoms with Crippen LogP contribution in [0.5, 0.6) is 0 Å². The minimum atomic E-state index is -3.14. The number of carbonyl (C=O) groups excluding carboxylic acids is 2. The summed E-state index contributed by atoms with van der Waals surface area (Å²) in [5, 5.41) is 0. The standard InChI is InChI=1S/C17H20BrF2NO4/c1-16(2,3)25-15(23)21-8-7-17(19,20)13(21)11-9-10(14(22)24-4)5-6-12(11)18/h5-6,9,13H,7-8H2,1-4H3. The van der Waals surface area contributed by atoms with Crippen molar-refractivity contribution in [3.05, 3.63) is 33.8 Å². The zero-order chi connectivity index (χ0) is 19.0. The number of benzene rings is 1. The van der Waals surface area contributed by atoms with E-state index in [1.54, 1.807) is 20.8 Å². The first-order valence-corrected chi connectivity index (χ1v) is 8.51. The van der Waals surface area contributed by atoms with E-state index in [1.165, 1.54) is 25.3 Å². The Morgan fingerprint density at radius 1 is 1.32 bits per heavy atom. The highest BCUT2D eigenvalue weighted by Gasteiger charge is 2.53. The van der Waals surface area contributed by atoms with E-state index in [4.69, 9.17) is 4.74 Å². The van der Waals surface area contributed by atoms with Crippen LogP contribution >= 0.6 is 15.9 Å². The fourth-order valence-electron chi connectivity index (χ4n) is 2.67. The zero-order valence-electron chi connectivity index (χ0n) is 14.4. The van der Waals surface area contributed by atoms with E-state index in [-0.39, 0.29) is 17.7 Å². The highest BCUT2D eigenvalue weighted by atomic mass is 79.9. The molecule has 1 aromatic carbocycles. The summed E-state index contributed by atoms with van der Waals surface area (Å²) in [6.45, 7) is 4.87. The van der Waals surface area contributed by atoms with Crippen LogP contribution in [-0.4, -0.2) is 42.1 Å². The number of amides is 1. The van der Waals surface area contributed by atoms with Crippen molar-refractivity contribution in [2.24, 2.45) is 0 Å². The van der Waals surface area contributed by atoms with E-state index in [0.717, 1.165) is 4.90 Å². The molecule has 0 saturated carbocycles. The third kappa shape index (κ3) is 4.29. The molecule has 1 heterocycles. The largest absolute Gasteiger partial charge is 0.465 e. The summed E-state index contributed by atoms with van der Waals surface area (Å²) in [6.07, 6.45) is -1.30. The number of likely N-dealkylation sites (tertiary alicyclic amines) is 1. The molecule has 1 aliphatic heterocycles. The first kappa shape index (κ1) is 19.6. The molecule has 8 heteroatoms. The van der Waals surface area contributed by atoms with Gasteiger partial charge in [0, 0.05) is 17.4 Å². The summed E-state index contributed by atoms with van der Waals surface area (Å²) in [7, 11) is 1.21. The van der Waals surface area contributed by atoms with Crippen LogP contribution in [-0.2, 0) is 9.47 Å². The van der Waals surface area contributed by atoms with E-state index in [1.807, 2.05) is 0 Å². The Balaban J connectivity index is 2.45. The van der Waals surface area contributed by atoms with Crippen molar-refractivity contribution >= 4 is 28.0 Å². The fraction of sp³-hybridized carbons (Fsp3) is 0.529. The van der Waals surface area contributed by atoms with Crippen LogP contribution < -0.4 is 0 Å². The molecular formula is C17H20BrF2NO4. The average molecular weight is 420 g/mol. The predicted octanol–water partition coefficient (Wildman–Crippen LogP) is 4.55. The number of alkyl halides is 2. The second kappa shape index (κ2) is 6.90. The summed E-state index contributed by atoms with van der Waals surface area (Å²) in [5.74, 6) is -3.78. The molecule has 0 radical (unpaired) electrons. The molecule has 138 valence electrons. The summed E-state index contributed by atoms with van der Waals surface area (Å²) in [4.78, 5) is 25.1. The first-order chi connectivity index (χ1) is 11.5. The molecule has 1 aliphatic rings. The van der Waals surface area contributed by atoms with Gasteiger partial charge in [-0.1, -0.05) is 15.9 Å². The second-order valence-corrected chi connectivity index (χ2v) is 7.67. The van der Waals surface area contributed by atoms with Gasteiger partial charge >= 0.3 is 12.1 Å². The van der Waals surface area contributed by atoms with Crippen LogP contribution in [0, 0.1) is 0 Å². The number of nitrogens with zero attached hydrogens (tertiary/aromatic N) is 1. The summed E-state index contributed by atoms with van der Waals surface area (Å²) in [6, 6.07) is 2.74. The van der Waals surface area contributed by atoms with Gasteiger partial charge in [0.1, 0.15) is 11.6 Å². The summed E-state index contributed by atoms with van der Waals surface area (Å²) >= 11 is 3.24. The molecule has 1 atom stereocenters. The Labute approximate surface area is 153 Å². The minimum absolute atomic E-state index is 0.132. The van der Waals surface area contributed by atoms with E-state index in [9.17, 15) is 18.4 Å². The molecule has 1 unspecified atom stereocenters. The van der Waals surface area contributed by atoms with Crippen LogP contribution in [0.2, 0.25) is 0 Å². The first-order valence-electron chi connectivity index (χ1n) is 7.71. The molecule has 1 fully saturated rings. The molecule has 25 heavy (non-hydrogen) atoms. The number of rotatable bonds is 2. The molecule has 2 rings (SSSR count). The minimum Gasteiger partial charge on any atom is -0.465 e. The topological polar surface area (TPSA) is 55.8 Å². The Bertz CT molecular complexity index is 688. The number of halogens is 3. The molecule has 0 aromatic heterocycles. The predicted molar refractivity (Wildman–Crippen MR) is 90.7 cm³/mol. The van der Waals surface area contributed by atoms with Crippen LogP contribution in [0.3, 0.4) is 0 Å². The van der Waals surface area contributed by atoms with E-state index >= 15 is 0 Å². The summed E-state index contributed by atoms with van der Waals surface area (Å²) in [5.41, 5.74) is -0.534. The van der Waals surface area contributed by atoms with Gasteiger partial charge in [-0.2, -0.15) is 0 Å². The van der Waals surface area contributed by atoms with Gasteiger partial charge in [-0.25, -0.2) is 18.4 Å². The van der Waals surface area contributed by atoms with Gasteiger partial charge in [0.25, 0.3) is 5.92 Å². The average Bonchev–Trinajstić information content (AvgIpc) is 2.81. The molecule has 0 N–H and O–H groups in total. The third-order valence-corrected chi connectivity index (χ3v) is 4.46. The van der Waals surface area contributed by atoms with Crippen molar-refractivity contribution in [3.63, 3.8) is 0 Å². The lowest BCUT2D eigenvalue weighted by Gasteiger charge is -2.31. The van der Waals surface area contributed by atoms with Gasteiger partial charge in [0.05, 0.1) is 12.7 Å². The number of esters is 1. The normalized spacial score (nSPS) is 19.6. The summed E-state index contributed by atoms with van der Waals surface area (Å²) < 4.78 is 39.4. The van der Waals surface area contributed by atoms with E-state index in [2.05, 4.69) is 20.7 Å². The van der Waals surface area contributed by atoms with Crippen molar-refractivity contribution in [1.29, 1.82) is 0 Å². The maximum atomic E-state index is 14.5. The van der Waals surface area contributed by atoms with Gasteiger partial charge < -0.3 is 9.47 Å². The van der Waals surface area contributed by atoms with Gasteiger partial charge in [-0.15, -0.1) is 0 Å². The van der Waals surface area contributed by atoms with Crippen molar-refractivity contribution in [2.75, 3.05) is 13.7 Å². The highest BCUT2D eigenvalue weighted by molar-refractivity contribution is 9.10. The van der Waals surface area contributed by atoms with Crippen molar-refractivity contribution in [3.8, 4) is 0 Å². The lowest BCUT2D eigenvalue weighted by molar-refractivity contribution is -0.0420. The monoisotopic (exact) mass is 419 g/mol. The third-order valence-electron chi connectivity index (χ3n) is 3.74. The van der Waals surface area contributed by atoms with Gasteiger partial charge in [0.15, 0.2) is 0 Å². The molecule has 0 spiro atoms. The SMILES string of the molecule is COC(=O)c1ccc(Br)c(C2N(C(=O)OC(C)(C)C)CCC2(F)F)c1. The maximum absolute atomic E-state index is 14.5. The van der Waals surface area contributed by atoms with E-state index < -0.39 is 36.0 Å². The Kier molecular flexibility index (Phi) is 5.41. The Hall–Kier alpha value is -1.70. The molecule has 0 aliphatic carbocycles. The lowest BCUT2D eigenvalue weighted by atomic mass is 9.99. The van der Waals surface area contributed by atoms with E-state index in [0.29, 0.717) is 4.47 Å². The fourth-order valence-corrected chi connectivity index (χ4v) is 3.14. The van der Waals surface area contributed by atoms with Crippen molar-refractivity contribution in [1.82, 2.24) is 4.90 Å². The number of hydrogen-bond acceptors (Lipinski definition) is 4. The van der Waals surface area contributed by atoms with Crippen molar-refractivity contribution < 1.29 is 27.8 Å². The second-order valence-electron chi connectivity index (χ2n) is 6.82. The molecular weight excluding hydrogens is 400 g/mol. The highest BCUT2D eigenvalue weighted by Crippen LogP contribution is 2.47. The lowest BCUT2D eigenvalue weighted by Crippen LogP contribution is -2.39.